The minimum atomic E-state index is -3.75. The maximum Gasteiger partial charge on any atom is 0.275 e. The Bertz CT molecular complexity index is 1110. The van der Waals surface area contributed by atoms with E-state index in [-0.39, 0.29) is 16.8 Å². The Morgan fingerprint density at radius 3 is 2.54 bits per heavy atom. The van der Waals surface area contributed by atoms with Gasteiger partial charge >= 0.3 is 0 Å². The van der Waals surface area contributed by atoms with Gasteiger partial charge < -0.3 is 9.15 Å². The molecule has 1 aromatic heterocycles. The van der Waals surface area contributed by atoms with E-state index in [0.29, 0.717) is 35.1 Å². The number of furan rings is 1. The molecule has 28 heavy (non-hydrogen) atoms. The van der Waals surface area contributed by atoms with Gasteiger partial charge in [-0.15, -0.1) is 0 Å². The van der Waals surface area contributed by atoms with Gasteiger partial charge in [0.05, 0.1) is 7.11 Å². The zero-order valence-electron chi connectivity index (χ0n) is 16.8. The number of benzene rings is 1. The maximum atomic E-state index is 12.6. The molecule has 0 aliphatic heterocycles. The number of carbonyl (C=O) groups is 1. The molecule has 0 saturated carbocycles. The SMILES string of the molecule is C=C(C)C1CC(=O)C(C)=C(c2ccc(OC)c3oc(S(=O)(=O)N(C)C)cc23)C1. The minimum absolute atomic E-state index is 0.0697. The molecule has 3 rings (SSSR count). The first-order chi connectivity index (χ1) is 13.1. The summed E-state index contributed by atoms with van der Waals surface area (Å²) in [4.78, 5) is 12.6. The van der Waals surface area contributed by atoms with Crippen molar-refractivity contribution in [2.75, 3.05) is 21.2 Å². The molecule has 0 saturated heterocycles. The van der Waals surface area contributed by atoms with Crippen LogP contribution in [0.3, 0.4) is 0 Å². The monoisotopic (exact) mass is 403 g/mol. The molecular weight excluding hydrogens is 378 g/mol. The number of rotatable bonds is 5. The van der Waals surface area contributed by atoms with Crippen LogP contribution in [0.25, 0.3) is 16.5 Å². The highest BCUT2D eigenvalue weighted by molar-refractivity contribution is 7.89. The molecule has 0 spiro atoms. The summed E-state index contributed by atoms with van der Waals surface area (Å²) in [6.45, 7) is 7.76. The van der Waals surface area contributed by atoms with Gasteiger partial charge in [0.25, 0.3) is 10.0 Å². The van der Waals surface area contributed by atoms with Gasteiger partial charge in [-0.25, -0.2) is 12.7 Å². The quantitative estimate of drug-likeness (QED) is 0.705. The summed E-state index contributed by atoms with van der Waals surface area (Å²) in [5, 5.41) is 0.458. The average Bonchev–Trinajstić information content (AvgIpc) is 3.09. The Kier molecular flexibility index (Phi) is 5.25. The lowest BCUT2D eigenvalue weighted by Gasteiger charge is -2.26. The number of fused-ring (bicyclic) bond motifs is 1. The largest absolute Gasteiger partial charge is 0.493 e. The number of sulfonamides is 1. The maximum absolute atomic E-state index is 12.6. The fraction of sp³-hybridized carbons (Fsp3) is 0.381. The summed E-state index contributed by atoms with van der Waals surface area (Å²) >= 11 is 0. The summed E-state index contributed by atoms with van der Waals surface area (Å²) in [7, 11) is 0.655. The second kappa shape index (κ2) is 7.22. The van der Waals surface area contributed by atoms with E-state index in [4.69, 9.17) is 9.15 Å². The minimum Gasteiger partial charge on any atom is -0.493 e. The van der Waals surface area contributed by atoms with E-state index in [1.165, 1.54) is 27.3 Å². The molecule has 1 aliphatic carbocycles. The van der Waals surface area contributed by atoms with E-state index >= 15 is 0 Å². The van der Waals surface area contributed by atoms with Gasteiger partial charge in [-0.3, -0.25) is 4.79 Å². The van der Waals surface area contributed by atoms with Crippen LogP contribution in [0.15, 0.2) is 45.4 Å². The second-order valence-electron chi connectivity index (χ2n) is 7.39. The number of methoxy groups -OCH3 is 1. The Morgan fingerprint density at radius 1 is 1.29 bits per heavy atom. The summed E-state index contributed by atoms with van der Waals surface area (Å²) in [5.41, 5.74) is 3.70. The molecule has 0 amide bonds. The topological polar surface area (TPSA) is 76.8 Å². The first-order valence-electron chi connectivity index (χ1n) is 8.99. The zero-order chi connectivity index (χ0) is 20.8. The Balaban J connectivity index is 2.28. The van der Waals surface area contributed by atoms with Crippen LogP contribution in [-0.4, -0.2) is 39.7 Å². The molecule has 7 heteroatoms. The van der Waals surface area contributed by atoms with Gasteiger partial charge in [-0.2, -0.15) is 0 Å². The van der Waals surface area contributed by atoms with E-state index in [2.05, 4.69) is 6.58 Å². The van der Waals surface area contributed by atoms with Crippen molar-refractivity contribution in [3.05, 3.63) is 41.5 Å². The third-order valence-electron chi connectivity index (χ3n) is 5.35. The summed E-state index contributed by atoms with van der Waals surface area (Å²) in [6.07, 6.45) is 1.13. The second-order valence-corrected chi connectivity index (χ2v) is 9.47. The van der Waals surface area contributed by atoms with Gasteiger partial charge in [0.2, 0.25) is 5.09 Å². The average molecular weight is 404 g/mol. The molecule has 1 aliphatic rings. The van der Waals surface area contributed by atoms with Gasteiger partial charge in [-0.05, 0) is 49.0 Å². The van der Waals surface area contributed by atoms with Gasteiger partial charge in [0.1, 0.15) is 0 Å². The summed E-state index contributed by atoms with van der Waals surface area (Å²) < 4.78 is 37.3. The van der Waals surface area contributed by atoms with Gasteiger partial charge in [-0.1, -0.05) is 18.2 Å². The van der Waals surface area contributed by atoms with Crippen molar-refractivity contribution in [1.29, 1.82) is 0 Å². The molecule has 0 N–H and O–H groups in total. The van der Waals surface area contributed by atoms with E-state index in [9.17, 15) is 13.2 Å². The van der Waals surface area contributed by atoms with E-state index < -0.39 is 10.0 Å². The van der Waals surface area contributed by atoms with E-state index in [1.54, 1.807) is 6.07 Å². The van der Waals surface area contributed by atoms with Crippen LogP contribution in [0, 0.1) is 5.92 Å². The van der Waals surface area contributed by atoms with Crippen LogP contribution < -0.4 is 4.74 Å². The Hall–Kier alpha value is -2.38. The molecule has 6 nitrogen and oxygen atoms in total. The predicted octanol–water partition coefficient (Wildman–Crippen LogP) is 4.02. The van der Waals surface area contributed by atoms with Gasteiger partial charge in [0, 0.05) is 32.0 Å². The van der Waals surface area contributed by atoms with Crippen LogP contribution in [0.1, 0.15) is 32.3 Å². The molecule has 2 aromatic rings. The molecule has 1 aromatic carbocycles. The van der Waals surface area contributed by atoms with Crippen molar-refractivity contribution >= 4 is 32.3 Å². The first kappa shape index (κ1) is 20.4. The van der Waals surface area contributed by atoms with E-state index in [1.807, 2.05) is 19.9 Å². The normalized spacial score (nSPS) is 18.2. The smallest absolute Gasteiger partial charge is 0.275 e. The summed E-state index contributed by atoms with van der Waals surface area (Å²) in [5.74, 6) is 0.596. The number of ether oxygens (including phenoxy) is 1. The van der Waals surface area contributed by atoms with Crippen molar-refractivity contribution < 1.29 is 22.4 Å². The molecule has 0 radical (unpaired) electrons. The molecule has 1 atom stereocenters. The highest BCUT2D eigenvalue weighted by atomic mass is 32.2. The van der Waals surface area contributed by atoms with Gasteiger partial charge in [0.15, 0.2) is 17.1 Å². The molecule has 150 valence electrons. The number of hydrogen-bond donors (Lipinski definition) is 0. The highest BCUT2D eigenvalue weighted by Gasteiger charge is 2.30. The number of hydrogen-bond acceptors (Lipinski definition) is 5. The van der Waals surface area contributed by atoms with Crippen molar-refractivity contribution in [3.63, 3.8) is 0 Å². The van der Waals surface area contributed by atoms with Crippen LogP contribution in [0.2, 0.25) is 0 Å². The lowest BCUT2D eigenvalue weighted by molar-refractivity contribution is -0.116. The number of carbonyl (C=O) groups excluding carboxylic acids is 1. The number of ketones is 1. The number of Topliss-reactive ketones (excluding diaryl/α,β-unsaturated/α-hetero) is 1. The van der Waals surface area contributed by atoms with Crippen molar-refractivity contribution in [2.24, 2.45) is 5.92 Å². The molecule has 1 unspecified atom stereocenters. The standard InChI is InChI=1S/C21H25NO5S/c1-12(2)14-9-16(13(3)18(23)10-14)15-7-8-19(26-6)21-17(15)11-20(27-21)28(24,25)22(4)5/h7-8,11,14H,1,9-10H2,2-6H3. The molecule has 1 heterocycles. The molecule has 0 bridgehead atoms. The zero-order valence-corrected chi connectivity index (χ0v) is 17.6. The molecule has 0 fully saturated rings. The van der Waals surface area contributed by atoms with Crippen LogP contribution in [0.5, 0.6) is 5.75 Å². The Morgan fingerprint density at radius 2 is 1.96 bits per heavy atom. The van der Waals surface area contributed by atoms with Crippen molar-refractivity contribution in [2.45, 2.75) is 31.8 Å². The van der Waals surface area contributed by atoms with Crippen LogP contribution in [-0.2, 0) is 14.8 Å². The fourth-order valence-electron chi connectivity index (χ4n) is 3.48. The highest BCUT2D eigenvalue weighted by Crippen LogP contribution is 2.42. The third kappa shape index (κ3) is 3.29. The fourth-order valence-corrected chi connectivity index (χ4v) is 4.30. The van der Waals surface area contributed by atoms with Crippen LogP contribution in [0.4, 0.5) is 0 Å². The van der Waals surface area contributed by atoms with Crippen LogP contribution >= 0.6 is 0 Å². The lowest BCUT2D eigenvalue weighted by atomic mass is 9.77. The summed E-state index contributed by atoms with van der Waals surface area (Å²) in [6, 6.07) is 5.11. The van der Waals surface area contributed by atoms with E-state index in [0.717, 1.165) is 21.0 Å². The lowest BCUT2D eigenvalue weighted by Crippen LogP contribution is -2.21. The van der Waals surface area contributed by atoms with Crippen molar-refractivity contribution in [1.82, 2.24) is 4.31 Å². The van der Waals surface area contributed by atoms with Crippen molar-refractivity contribution in [3.8, 4) is 5.75 Å². The Labute approximate surface area is 165 Å². The number of allylic oxidation sites excluding steroid dienone is 3. The molecular formula is C21H25NO5S. The first-order valence-corrected chi connectivity index (χ1v) is 10.4. The third-order valence-corrected chi connectivity index (χ3v) is 7.03. The predicted molar refractivity (Wildman–Crippen MR) is 109 cm³/mol. The number of nitrogens with zero attached hydrogens (tertiary/aromatic N) is 1.